The van der Waals surface area contributed by atoms with E-state index in [9.17, 15) is 26.4 Å². The quantitative estimate of drug-likeness (QED) is 0.831. The van der Waals surface area contributed by atoms with Gasteiger partial charge in [0, 0.05) is 19.3 Å². The third kappa shape index (κ3) is 3.62. The van der Waals surface area contributed by atoms with Crippen LogP contribution in [0.25, 0.3) is 0 Å². The normalized spacial score (nSPS) is 11.8. The summed E-state index contributed by atoms with van der Waals surface area (Å²) in [6, 6.07) is 5.94. The number of ether oxygens (including phenoxy) is 1. The summed E-state index contributed by atoms with van der Waals surface area (Å²) in [4.78, 5) is 19.0. The van der Waals surface area contributed by atoms with Crippen LogP contribution in [0.1, 0.15) is 6.92 Å². The maximum absolute atomic E-state index is 12.7. The van der Waals surface area contributed by atoms with Crippen LogP contribution < -0.4 is 9.04 Å². The van der Waals surface area contributed by atoms with Gasteiger partial charge in [-0.3, -0.25) is 4.79 Å². The van der Waals surface area contributed by atoms with Crippen molar-refractivity contribution in [3.63, 3.8) is 0 Å². The third-order valence-electron chi connectivity index (χ3n) is 2.64. The monoisotopic (exact) mass is 361 g/mol. The lowest BCUT2D eigenvalue weighted by Crippen LogP contribution is -2.43. The molecule has 2 rings (SSSR count). The number of carbonyl (C=O) groups excluding carboxylic acids is 1. The molecule has 11 heteroatoms. The lowest BCUT2D eigenvalue weighted by Gasteiger charge is -2.22. The van der Waals surface area contributed by atoms with E-state index in [0.29, 0.717) is 6.92 Å². The summed E-state index contributed by atoms with van der Waals surface area (Å²) < 4.78 is 65.9. The molecule has 0 bridgehead atoms. The Balaban J connectivity index is 2.32. The van der Waals surface area contributed by atoms with Gasteiger partial charge in [0.05, 0.1) is 5.69 Å². The highest BCUT2D eigenvalue weighted by molar-refractivity contribution is 7.94. The number of sulfonamides is 1. The zero-order chi connectivity index (χ0) is 18.0. The number of anilines is 1. The molecular formula is C13H10F3N3O4S. The Morgan fingerprint density at radius 2 is 1.67 bits per heavy atom. The summed E-state index contributed by atoms with van der Waals surface area (Å²) in [5, 5.41) is 0. The molecular weight excluding hydrogens is 351 g/mol. The van der Waals surface area contributed by atoms with Gasteiger partial charge in [0.25, 0.3) is 0 Å². The number of nitrogens with zero attached hydrogens (tertiary/aromatic N) is 3. The molecule has 0 radical (unpaired) electrons. The van der Waals surface area contributed by atoms with Gasteiger partial charge < -0.3 is 4.74 Å². The van der Waals surface area contributed by atoms with Gasteiger partial charge in [0.15, 0.2) is 0 Å². The molecule has 0 saturated heterocycles. The first-order valence-corrected chi connectivity index (χ1v) is 7.74. The van der Waals surface area contributed by atoms with Crippen molar-refractivity contribution in [1.29, 1.82) is 0 Å². The Kier molecular flexibility index (Phi) is 4.73. The van der Waals surface area contributed by atoms with Crippen molar-refractivity contribution in [2.75, 3.05) is 4.31 Å². The predicted molar refractivity (Wildman–Crippen MR) is 76.7 cm³/mol. The van der Waals surface area contributed by atoms with Crippen LogP contribution in [0, 0.1) is 0 Å². The molecule has 0 saturated carbocycles. The minimum Gasteiger partial charge on any atom is -0.424 e. The van der Waals surface area contributed by atoms with Crippen molar-refractivity contribution in [2.45, 2.75) is 12.4 Å². The highest BCUT2D eigenvalue weighted by atomic mass is 32.2. The van der Waals surface area contributed by atoms with E-state index in [1.165, 1.54) is 24.5 Å². The molecule has 0 aliphatic carbocycles. The van der Waals surface area contributed by atoms with Crippen LogP contribution in [0.5, 0.6) is 11.8 Å². The summed E-state index contributed by atoms with van der Waals surface area (Å²) in [6.07, 6.45) is 2.84. The largest absolute Gasteiger partial charge is 0.517 e. The molecule has 0 N–H and O–H groups in total. The lowest BCUT2D eigenvalue weighted by molar-refractivity contribution is -0.115. The number of benzene rings is 1. The number of aromatic nitrogens is 2. The molecule has 1 heterocycles. The molecule has 0 unspecified atom stereocenters. The van der Waals surface area contributed by atoms with Gasteiger partial charge in [-0.1, -0.05) is 0 Å². The maximum atomic E-state index is 12.7. The molecule has 0 spiro atoms. The van der Waals surface area contributed by atoms with E-state index in [-0.39, 0.29) is 16.1 Å². The van der Waals surface area contributed by atoms with E-state index >= 15 is 0 Å². The molecule has 7 nitrogen and oxygen atoms in total. The number of rotatable bonds is 4. The summed E-state index contributed by atoms with van der Waals surface area (Å²) in [7, 11) is -5.84. The molecule has 1 aromatic heterocycles. The van der Waals surface area contributed by atoms with Crippen molar-refractivity contribution in [2.24, 2.45) is 0 Å². The van der Waals surface area contributed by atoms with Gasteiger partial charge >= 0.3 is 21.5 Å². The molecule has 0 aliphatic heterocycles. The number of carbonyl (C=O) groups is 1. The van der Waals surface area contributed by atoms with Crippen LogP contribution in [0.4, 0.5) is 18.9 Å². The molecule has 1 amide bonds. The van der Waals surface area contributed by atoms with Crippen molar-refractivity contribution in [3.8, 4) is 11.8 Å². The van der Waals surface area contributed by atoms with E-state index in [1.807, 2.05) is 0 Å². The van der Waals surface area contributed by atoms with Crippen molar-refractivity contribution in [3.05, 3.63) is 42.7 Å². The van der Waals surface area contributed by atoms with E-state index < -0.39 is 27.1 Å². The van der Waals surface area contributed by atoms with E-state index in [2.05, 4.69) is 9.97 Å². The second-order valence-electron chi connectivity index (χ2n) is 4.36. The predicted octanol–water partition coefficient (Wildman–Crippen LogP) is 2.47. The van der Waals surface area contributed by atoms with Crippen LogP contribution in [-0.2, 0) is 14.8 Å². The Bertz CT molecular complexity index is 824. The van der Waals surface area contributed by atoms with Gasteiger partial charge in [-0.25, -0.2) is 9.97 Å². The second kappa shape index (κ2) is 6.43. The number of hydrogen-bond acceptors (Lipinski definition) is 6. The summed E-state index contributed by atoms with van der Waals surface area (Å²) in [5.74, 6) is -1.15. The Morgan fingerprint density at radius 3 is 2.12 bits per heavy atom. The minimum atomic E-state index is -5.84. The first-order chi connectivity index (χ1) is 11.1. The van der Waals surface area contributed by atoms with Crippen molar-refractivity contribution >= 4 is 21.6 Å². The molecule has 0 fully saturated rings. The maximum Gasteiger partial charge on any atom is 0.517 e. The van der Waals surface area contributed by atoms with E-state index in [0.717, 1.165) is 12.1 Å². The Morgan fingerprint density at radius 1 is 1.12 bits per heavy atom. The fraction of sp³-hybridized carbons (Fsp3) is 0.154. The van der Waals surface area contributed by atoms with Crippen LogP contribution in [-0.4, -0.2) is 29.8 Å². The SMILES string of the molecule is CC(=O)N(c1ccc(Oc2ncccn2)cc1)S(=O)(=O)C(F)(F)F. The Labute approximate surface area is 134 Å². The van der Waals surface area contributed by atoms with Crippen LogP contribution in [0.2, 0.25) is 0 Å². The zero-order valence-corrected chi connectivity index (χ0v) is 12.9. The highest BCUT2D eigenvalue weighted by Crippen LogP contribution is 2.32. The van der Waals surface area contributed by atoms with Gasteiger partial charge in [-0.05, 0) is 30.3 Å². The number of amides is 1. The summed E-state index contributed by atoms with van der Waals surface area (Å²) in [5.41, 5.74) is -6.08. The van der Waals surface area contributed by atoms with Crippen LogP contribution in [0.15, 0.2) is 42.7 Å². The molecule has 2 aromatic rings. The first-order valence-electron chi connectivity index (χ1n) is 6.30. The standard InChI is InChI=1S/C13H10F3N3O4S/c1-9(20)19(24(21,22)13(14,15)16)10-3-5-11(6-4-10)23-12-17-7-2-8-18-12/h2-8H,1H3. The molecule has 0 aliphatic rings. The minimum absolute atomic E-state index is 0.00316. The number of hydrogen-bond donors (Lipinski definition) is 0. The molecule has 128 valence electrons. The zero-order valence-electron chi connectivity index (χ0n) is 12.1. The fourth-order valence-corrected chi connectivity index (χ4v) is 2.63. The lowest BCUT2D eigenvalue weighted by atomic mass is 10.3. The Hall–Kier alpha value is -2.69. The van der Waals surface area contributed by atoms with Crippen molar-refractivity contribution < 1.29 is 31.1 Å². The van der Waals surface area contributed by atoms with E-state index in [1.54, 1.807) is 6.07 Å². The summed E-state index contributed by atoms with van der Waals surface area (Å²) >= 11 is 0. The average Bonchev–Trinajstić information content (AvgIpc) is 2.48. The number of halogens is 3. The highest BCUT2D eigenvalue weighted by Gasteiger charge is 2.51. The first kappa shape index (κ1) is 17.7. The van der Waals surface area contributed by atoms with Gasteiger partial charge in [0.1, 0.15) is 5.75 Å². The summed E-state index contributed by atoms with van der Waals surface area (Å²) in [6.45, 7) is 0.714. The average molecular weight is 361 g/mol. The second-order valence-corrected chi connectivity index (χ2v) is 6.14. The number of alkyl halides is 3. The smallest absolute Gasteiger partial charge is 0.424 e. The third-order valence-corrected chi connectivity index (χ3v) is 4.17. The van der Waals surface area contributed by atoms with Crippen molar-refractivity contribution in [1.82, 2.24) is 9.97 Å². The van der Waals surface area contributed by atoms with Crippen LogP contribution in [0.3, 0.4) is 0 Å². The molecule has 24 heavy (non-hydrogen) atoms. The fourth-order valence-electron chi connectivity index (χ4n) is 1.69. The van der Waals surface area contributed by atoms with Gasteiger partial charge in [0.2, 0.25) is 5.91 Å². The molecule has 0 atom stereocenters. The molecule has 1 aromatic carbocycles. The topological polar surface area (TPSA) is 89.5 Å². The van der Waals surface area contributed by atoms with Crippen LogP contribution >= 0.6 is 0 Å². The van der Waals surface area contributed by atoms with Gasteiger partial charge in [-0.2, -0.15) is 25.9 Å². The van der Waals surface area contributed by atoms with E-state index in [4.69, 9.17) is 4.74 Å². The van der Waals surface area contributed by atoms with Gasteiger partial charge in [-0.15, -0.1) is 0 Å².